The SMILES string of the molecule is CCCCC(COC)NC(=O)N(CCO)CCOCCO. The van der Waals surface area contributed by atoms with E-state index in [1.54, 1.807) is 7.11 Å². The fourth-order valence-electron chi connectivity index (χ4n) is 1.89. The quantitative estimate of drug-likeness (QED) is 0.423. The van der Waals surface area contributed by atoms with Crippen molar-refractivity contribution in [3.05, 3.63) is 0 Å². The Morgan fingerprint density at radius 1 is 1.24 bits per heavy atom. The van der Waals surface area contributed by atoms with Crippen LogP contribution >= 0.6 is 0 Å². The molecule has 126 valence electrons. The summed E-state index contributed by atoms with van der Waals surface area (Å²) in [5, 5.41) is 20.6. The first-order chi connectivity index (χ1) is 10.2. The number of hydrogen-bond donors (Lipinski definition) is 3. The van der Waals surface area contributed by atoms with E-state index >= 15 is 0 Å². The lowest BCUT2D eigenvalue weighted by atomic mass is 10.1. The number of carbonyl (C=O) groups is 1. The van der Waals surface area contributed by atoms with Gasteiger partial charge in [0.05, 0.1) is 39.1 Å². The summed E-state index contributed by atoms with van der Waals surface area (Å²) in [5.41, 5.74) is 0. The van der Waals surface area contributed by atoms with Crippen molar-refractivity contribution in [3.63, 3.8) is 0 Å². The van der Waals surface area contributed by atoms with E-state index < -0.39 is 0 Å². The number of nitrogens with zero attached hydrogens (tertiary/aromatic N) is 1. The van der Waals surface area contributed by atoms with Crippen LogP contribution in [0.1, 0.15) is 26.2 Å². The minimum atomic E-state index is -0.227. The molecular formula is C14H30N2O5. The van der Waals surface area contributed by atoms with Crippen LogP contribution in [0, 0.1) is 0 Å². The van der Waals surface area contributed by atoms with Crippen LogP contribution < -0.4 is 5.32 Å². The number of carbonyl (C=O) groups excluding carboxylic acids is 1. The van der Waals surface area contributed by atoms with E-state index in [0.717, 1.165) is 19.3 Å². The Balaban J connectivity index is 4.27. The van der Waals surface area contributed by atoms with Crippen LogP contribution in [-0.4, -0.2) is 80.4 Å². The molecule has 0 rings (SSSR count). The normalized spacial score (nSPS) is 12.2. The smallest absolute Gasteiger partial charge is 0.317 e. The highest BCUT2D eigenvalue weighted by atomic mass is 16.5. The molecule has 0 aromatic rings. The second-order valence-electron chi connectivity index (χ2n) is 4.79. The lowest BCUT2D eigenvalue weighted by Crippen LogP contribution is -2.48. The number of ether oxygens (including phenoxy) is 2. The number of aliphatic hydroxyl groups is 2. The van der Waals surface area contributed by atoms with Crippen molar-refractivity contribution in [2.24, 2.45) is 0 Å². The summed E-state index contributed by atoms with van der Waals surface area (Å²) in [7, 11) is 1.61. The molecule has 0 aliphatic carbocycles. The maximum absolute atomic E-state index is 12.2. The summed E-state index contributed by atoms with van der Waals surface area (Å²) in [6, 6.07) is -0.253. The van der Waals surface area contributed by atoms with Gasteiger partial charge in [-0.2, -0.15) is 0 Å². The van der Waals surface area contributed by atoms with Crippen molar-refractivity contribution in [2.45, 2.75) is 32.2 Å². The van der Waals surface area contributed by atoms with Gasteiger partial charge in [-0.1, -0.05) is 19.8 Å². The number of aliphatic hydroxyl groups excluding tert-OH is 2. The third-order valence-corrected chi connectivity index (χ3v) is 3.00. The first-order valence-corrected chi connectivity index (χ1v) is 7.53. The van der Waals surface area contributed by atoms with Crippen LogP contribution in [0.4, 0.5) is 4.79 Å². The third-order valence-electron chi connectivity index (χ3n) is 3.00. The van der Waals surface area contributed by atoms with Gasteiger partial charge in [0.25, 0.3) is 0 Å². The molecule has 21 heavy (non-hydrogen) atoms. The number of rotatable bonds is 13. The van der Waals surface area contributed by atoms with Gasteiger partial charge in [-0.25, -0.2) is 4.79 Å². The molecule has 0 fully saturated rings. The average molecular weight is 306 g/mol. The summed E-state index contributed by atoms with van der Waals surface area (Å²) < 4.78 is 10.3. The predicted molar refractivity (Wildman–Crippen MR) is 80.3 cm³/mol. The maximum atomic E-state index is 12.2. The van der Waals surface area contributed by atoms with Gasteiger partial charge in [-0.3, -0.25) is 0 Å². The second kappa shape index (κ2) is 14.1. The summed E-state index contributed by atoms with van der Waals surface area (Å²) in [6.07, 6.45) is 2.95. The Morgan fingerprint density at radius 2 is 2.00 bits per heavy atom. The van der Waals surface area contributed by atoms with Gasteiger partial charge in [0.2, 0.25) is 0 Å². The molecule has 0 aromatic heterocycles. The minimum absolute atomic E-state index is 0.0259. The first-order valence-electron chi connectivity index (χ1n) is 7.53. The van der Waals surface area contributed by atoms with Gasteiger partial charge in [-0.05, 0) is 6.42 Å². The summed E-state index contributed by atoms with van der Waals surface area (Å²) in [5.74, 6) is 0. The zero-order chi connectivity index (χ0) is 15.9. The van der Waals surface area contributed by atoms with Crippen LogP contribution in [0.2, 0.25) is 0 Å². The highest BCUT2D eigenvalue weighted by Crippen LogP contribution is 2.02. The van der Waals surface area contributed by atoms with Crippen molar-refractivity contribution in [2.75, 3.05) is 53.2 Å². The monoisotopic (exact) mass is 306 g/mol. The molecule has 0 saturated carbocycles. The Hall–Kier alpha value is -0.890. The summed E-state index contributed by atoms with van der Waals surface area (Å²) in [6.45, 7) is 3.63. The number of hydrogen-bond acceptors (Lipinski definition) is 5. The zero-order valence-corrected chi connectivity index (χ0v) is 13.2. The molecule has 7 heteroatoms. The molecule has 0 aliphatic heterocycles. The van der Waals surface area contributed by atoms with Gasteiger partial charge in [0.15, 0.2) is 0 Å². The number of methoxy groups -OCH3 is 1. The summed E-state index contributed by atoms with van der Waals surface area (Å²) in [4.78, 5) is 13.7. The molecule has 7 nitrogen and oxygen atoms in total. The van der Waals surface area contributed by atoms with Crippen molar-refractivity contribution in [1.82, 2.24) is 10.2 Å². The molecule has 1 atom stereocenters. The van der Waals surface area contributed by atoms with Gasteiger partial charge >= 0.3 is 6.03 Å². The molecule has 0 saturated heterocycles. The molecule has 0 aromatic carbocycles. The number of nitrogens with one attached hydrogen (secondary N) is 1. The van der Waals surface area contributed by atoms with Crippen molar-refractivity contribution >= 4 is 6.03 Å². The van der Waals surface area contributed by atoms with Crippen LogP contribution in [-0.2, 0) is 9.47 Å². The van der Waals surface area contributed by atoms with Crippen LogP contribution in [0.3, 0.4) is 0 Å². The van der Waals surface area contributed by atoms with Gasteiger partial charge in [0, 0.05) is 20.2 Å². The summed E-state index contributed by atoms with van der Waals surface area (Å²) >= 11 is 0. The molecule has 0 spiro atoms. The highest BCUT2D eigenvalue weighted by Gasteiger charge is 2.17. The standard InChI is InChI=1S/C14H30N2O5/c1-3-4-5-13(12-20-2)15-14(19)16(6-8-17)7-10-21-11-9-18/h13,17-18H,3-12H2,1-2H3,(H,15,19). The lowest BCUT2D eigenvalue weighted by molar-refractivity contribution is 0.0743. The maximum Gasteiger partial charge on any atom is 0.317 e. The van der Waals surface area contributed by atoms with Crippen LogP contribution in [0.5, 0.6) is 0 Å². The molecule has 1 unspecified atom stereocenters. The lowest BCUT2D eigenvalue weighted by Gasteiger charge is -2.25. The largest absolute Gasteiger partial charge is 0.395 e. The number of amides is 2. The van der Waals surface area contributed by atoms with E-state index in [9.17, 15) is 4.79 Å². The molecule has 0 bridgehead atoms. The second-order valence-corrected chi connectivity index (χ2v) is 4.79. The van der Waals surface area contributed by atoms with Crippen molar-refractivity contribution < 1.29 is 24.5 Å². The van der Waals surface area contributed by atoms with Gasteiger partial charge in [0.1, 0.15) is 0 Å². The average Bonchev–Trinajstić information content (AvgIpc) is 2.48. The predicted octanol–water partition coefficient (Wildman–Crippen LogP) is 0.204. The van der Waals surface area contributed by atoms with Crippen LogP contribution in [0.15, 0.2) is 0 Å². The Labute approximate surface area is 127 Å². The zero-order valence-electron chi connectivity index (χ0n) is 13.2. The Kier molecular flexibility index (Phi) is 13.5. The highest BCUT2D eigenvalue weighted by molar-refractivity contribution is 5.74. The topological polar surface area (TPSA) is 91.3 Å². The Morgan fingerprint density at radius 3 is 2.57 bits per heavy atom. The van der Waals surface area contributed by atoms with E-state index in [1.807, 2.05) is 0 Å². The molecule has 0 radical (unpaired) electrons. The van der Waals surface area contributed by atoms with Crippen LogP contribution in [0.25, 0.3) is 0 Å². The molecule has 3 N–H and O–H groups in total. The molecular weight excluding hydrogens is 276 g/mol. The van der Waals surface area contributed by atoms with E-state index in [-0.39, 0.29) is 38.4 Å². The fourth-order valence-corrected chi connectivity index (χ4v) is 1.89. The van der Waals surface area contributed by atoms with E-state index in [2.05, 4.69) is 12.2 Å². The van der Waals surface area contributed by atoms with Crippen molar-refractivity contribution in [3.8, 4) is 0 Å². The number of unbranched alkanes of at least 4 members (excludes halogenated alkanes) is 1. The first kappa shape index (κ1) is 20.1. The van der Waals surface area contributed by atoms with E-state index in [1.165, 1.54) is 4.90 Å². The Bertz CT molecular complexity index is 254. The van der Waals surface area contributed by atoms with Crippen molar-refractivity contribution in [1.29, 1.82) is 0 Å². The fraction of sp³-hybridized carbons (Fsp3) is 0.929. The number of urea groups is 1. The van der Waals surface area contributed by atoms with E-state index in [0.29, 0.717) is 19.8 Å². The molecule has 0 aliphatic rings. The third kappa shape index (κ3) is 10.5. The molecule has 0 heterocycles. The molecule has 2 amide bonds. The minimum Gasteiger partial charge on any atom is -0.395 e. The van der Waals surface area contributed by atoms with Gasteiger partial charge in [-0.15, -0.1) is 0 Å². The van der Waals surface area contributed by atoms with E-state index in [4.69, 9.17) is 19.7 Å². The van der Waals surface area contributed by atoms with Gasteiger partial charge < -0.3 is 29.9 Å².